The van der Waals surface area contributed by atoms with E-state index in [0.29, 0.717) is 27.5 Å². The van der Waals surface area contributed by atoms with Crippen molar-refractivity contribution < 1.29 is 13.9 Å². The average Bonchev–Trinajstić information content (AvgIpc) is 2.54. The first kappa shape index (κ1) is 16.4. The van der Waals surface area contributed by atoms with E-state index in [1.165, 1.54) is 13.2 Å². The van der Waals surface area contributed by atoms with Crippen LogP contribution in [-0.4, -0.2) is 13.2 Å². The molecule has 0 saturated carbocycles. The number of benzene rings is 2. The second kappa shape index (κ2) is 6.57. The average molecular weight is 345 g/mol. The van der Waals surface area contributed by atoms with Crippen molar-refractivity contribution in [2.45, 2.75) is 20.0 Å². The minimum absolute atomic E-state index is 0.101. The molecule has 2 aromatic carbocycles. The standard InChI is InChI=1S/C19H17ClO4/c1-11(2)23-13-6-4-12(5-7-13)17-10-16(21)19-15(20)8-14(22-3)9-18(19)24-17/h4-11H,1-3H3. The van der Waals surface area contributed by atoms with E-state index in [9.17, 15) is 4.79 Å². The lowest BCUT2D eigenvalue weighted by molar-refractivity contribution is 0.242. The number of halogens is 1. The Labute approximate surface area is 144 Å². The summed E-state index contributed by atoms with van der Waals surface area (Å²) in [4.78, 5) is 12.4. The summed E-state index contributed by atoms with van der Waals surface area (Å²) in [5.41, 5.74) is 0.981. The highest BCUT2D eigenvalue weighted by Gasteiger charge is 2.12. The molecule has 0 aliphatic rings. The number of ether oxygens (including phenoxy) is 2. The number of methoxy groups -OCH3 is 1. The predicted molar refractivity (Wildman–Crippen MR) is 95.2 cm³/mol. The molecule has 0 unspecified atom stereocenters. The molecule has 0 aliphatic carbocycles. The molecule has 0 aliphatic heterocycles. The Morgan fingerprint density at radius 3 is 2.38 bits per heavy atom. The monoisotopic (exact) mass is 344 g/mol. The summed E-state index contributed by atoms with van der Waals surface area (Å²) in [5, 5.41) is 0.659. The fourth-order valence-electron chi connectivity index (χ4n) is 2.45. The summed E-state index contributed by atoms with van der Waals surface area (Å²) < 4.78 is 16.7. The lowest BCUT2D eigenvalue weighted by Crippen LogP contribution is -2.05. The molecule has 1 heterocycles. The summed E-state index contributed by atoms with van der Waals surface area (Å²) in [6.45, 7) is 3.93. The molecule has 0 N–H and O–H groups in total. The SMILES string of the molecule is COc1cc(Cl)c2c(=O)cc(-c3ccc(OC(C)C)cc3)oc2c1. The summed E-state index contributed by atoms with van der Waals surface area (Å²) in [6.07, 6.45) is 0.101. The zero-order chi connectivity index (χ0) is 17.3. The molecule has 5 heteroatoms. The van der Waals surface area contributed by atoms with E-state index in [4.69, 9.17) is 25.5 Å². The fourth-order valence-corrected chi connectivity index (χ4v) is 2.74. The minimum atomic E-state index is -0.193. The van der Waals surface area contributed by atoms with Crippen molar-refractivity contribution in [3.05, 3.63) is 57.7 Å². The third kappa shape index (κ3) is 3.24. The van der Waals surface area contributed by atoms with Gasteiger partial charge in [-0.15, -0.1) is 0 Å². The van der Waals surface area contributed by atoms with Gasteiger partial charge in [0.2, 0.25) is 0 Å². The molecule has 124 valence electrons. The molecule has 0 fully saturated rings. The van der Waals surface area contributed by atoms with Crippen LogP contribution in [0, 0.1) is 0 Å². The fraction of sp³-hybridized carbons (Fsp3) is 0.211. The summed E-state index contributed by atoms with van der Waals surface area (Å²) in [5.74, 6) is 1.77. The molecule has 4 nitrogen and oxygen atoms in total. The van der Waals surface area contributed by atoms with E-state index in [1.54, 1.807) is 12.1 Å². The maximum absolute atomic E-state index is 12.4. The highest BCUT2D eigenvalue weighted by molar-refractivity contribution is 6.35. The summed E-state index contributed by atoms with van der Waals surface area (Å²) >= 11 is 6.16. The predicted octanol–water partition coefficient (Wildman–Crippen LogP) is 4.91. The maximum Gasteiger partial charge on any atom is 0.194 e. The van der Waals surface area contributed by atoms with Gasteiger partial charge in [-0.2, -0.15) is 0 Å². The first-order valence-corrected chi connectivity index (χ1v) is 7.94. The van der Waals surface area contributed by atoms with Crippen molar-refractivity contribution in [2.75, 3.05) is 7.11 Å². The third-order valence-electron chi connectivity index (χ3n) is 3.50. The van der Waals surface area contributed by atoms with Gasteiger partial charge in [0, 0.05) is 17.7 Å². The molecule has 0 atom stereocenters. The van der Waals surface area contributed by atoms with Gasteiger partial charge in [0.1, 0.15) is 22.8 Å². The van der Waals surface area contributed by atoms with E-state index >= 15 is 0 Å². The van der Waals surface area contributed by atoms with Crippen LogP contribution in [-0.2, 0) is 0 Å². The van der Waals surface area contributed by atoms with Crippen molar-refractivity contribution in [3.63, 3.8) is 0 Å². The van der Waals surface area contributed by atoms with E-state index in [-0.39, 0.29) is 11.5 Å². The van der Waals surface area contributed by atoms with E-state index in [1.807, 2.05) is 38.1 Å². The lowest BCUT2D eigenvalue weighted by atomic mass is 10.1. The van der Waals surface area contributed by atoms with Crippen LogP contribution in [0.15, 0.2) is 51.7 Å². The van der Waals surface area contributed by atoms with Crippen LogP contribution in [0.3, 0.4) is 0 Å². The molecular formula is C19H17ClO4. The molecule has 0 radical (unpaired) electrons. The van der Waals surface area contributed by atoms with E-state index in [0.717, 1.165) is 11.3 Å². The summed E-state index contributed by atoms with van der Waals surface area (Å²) in [6, 6.07) is 12.1. The molecule has 24 heavy (non-hydrogen) atoms. The second-order valence-corrected chi connectivity index (χ2v) is 6.06. The maximum atomic E-state index is 12.4. The van der Waals surface area contributed by atoms with Crippen molar-refractivity contribution in [3.8, 4) is 22.8 Å². The zero-order valence-electron chi connectivity index (χ0n) is 13.6. The first-order valence-electron chi connectivity index (χ1n) is 7.56. The van der Waals surface area contributed by atoms with Crippen LogP contribution in [0.1, 0.15) is 13.8 Å². The Morgan fingerprint density at radius 2 is 1.75 bits per heavy atom. The van der Waals surface area contributed by atoms with Gasteiger partial charge in [0.25, 0.3) is 0 Å². The van der Waals surface area contributed by atoms with Gasteiger partial charge in [-0.05, 0) is 44.2 Å². The van der Waals surface area contributed by atoms with Crippen LogP contribution in [0.5, 0.6) is 11.5 Å². The van der Waals surface area contributed by atoms with Gasteiger partial charge in [-0.25, -0.2) is 0 Å². The highest BCUT2D eigenvalue weighted by atomic mass is 35.5. The van der Waals surface area contributed by atoms with Gasteiger partial charge >= 0.3 is 0 Å². The molecule has 0 spiro atoms. The number of hydrogen-bond acceptors (Lipinski definition) is 4. The van der Waals surface area contributed by atoms with Crippen LogP contribution < -0.4 is 14.9 Å². The number of rotatable bonds is 4. The van der Waals surface area contributed by atoms with E-state index in [2.05, 4.69) is 0 Å². The van der Waals surface area contributed by atoms with Gasteiger partial charge in [0.15, 0.2) is 5.43 Å². The molecule has 0 bridgehead atoms. The zero-order valence-corrected chi connectivity index (χ0v) is 14.4. The van der Waals surface area contributed by atoms with Gasteiger partial charge < -0.3 is 13.9 Å². The highest BCUT2D eigenvalue weighted by Crippen LogP contribution is 2.30. The first-order chi connectivity index (χ1) is 11.5. The van der Waals surface area contributed by atoms with Crippen molar-refractivity contribution in [1.29, 1.82) is 0 Å². The smallest absolute Gasteiger partial charge is 0.194 e. The van der Waals surface area contributed by atoms with Crippen LogP contribution >= 0.6 is 11.6 Å². The Balaban J connectivity index is 2.08. The quantitative estimate of drug-likeness (QED) is 0.674. The Hall–Kier alpha value is -2.46. The minimum Gasteiger partial charge on any atom is -0.497 e. The molecule has 3 aromatic rings. The number of fused-ring (bicyclic) bond motifs is 1. The van der Waals surface area contributed by atoms with Gasteiger partial charge in [-0.3, -0.25) is 4.79 Å². The Bertz CT molecular complexity index is 926. The Kier molecular flexibility index (Phi) is 4.49. The second-order valence-electron chi connectivity index (χ2n) is 5.65. The summed E-state index contributed by atoms with van der Waals surface area (Å²) in [7, 11) is 1.53. The van der Waals surface area contributed by atoms with Crippen LogP contribution in [0.25, 0.3) is 22.3 Å². The van der Waals surface area contributed by atoms with E-state index < -0.39 is 0 Å². The Morgan fingerprint density at radius 1 is 1.04 bits per heavy atom. The van der Waals surface area contributed by atoms with Crippen LogP contribution in [0.4, 0.5) is 0 Å². The van der Waals surface area contributed by atoms with Gasteiger partial charge in [-0.1, -0.05) is 11.6 Å². The van der Waals surface area contributed by atoms with Crippen molar-refractivity contribution >= 4 is 22.6 Å². The topological polar surface area (TPSA) is 48.7 Å². The lowest BCUT2D eigenvalue weighted by Gasteiger charge is -2.10. The van der Waals surface area contributed by atoms with Crippen molar-refractivity contribution in [1.82, 2.24) is 0 Å². The largest absolute Gasteiger partial charge is 0.497 e. The van der Waals surface area contributed by atoms with Gasteiger partial charge in [0.05, 0.1) is 23.6 Å². The molecular weight excluding hydrogens is 328 g/mol. The van der Waals surface area contributed by atoms with Crippen LogP contribution in [0.2, 0.25) is 5.02 Å². The van der Waals surface area contributed by atoms with Crippen molar-refractivity contribution in [2.24, 2.45) is 0 Å². The molecule has 3 rings (SSSR count). The molecule has 0 saturated heterocycles. The third-order valence-corrected chi connectivity index (χ3v) is 3.80. The molecule has 1 aromatic heterocycles. The molecule has 0 amide bonds. The normalized spacial score (nSPS) is 11.0. The number of hydrogen-bond donors (Lipinski definition) is 0.